The van der Waals surface area contributed by atoms with Crippen LogP contribution in [0.2, 0.25) is 0 Å². The molecule has 0 unspecified atom stereocenters. The summed E-state index contributed by atoms with van der Waals surface area (Å²) in [5.41, 5.74) is 4.02. The number of aryl methyl sites for hydroxylation is 1. The Morgan fingerprint density at radius 1 is 1.12 bits per heavy atom. The average molecular weight is 338 g/mol. The molecule has 2 aromatic carbocycles. The maximum absolute atomic E-state index is 12.2. The molecule has 0 bridgehead atoms. The van der Waals surface area contributed by atoms with Gasteiger partial charge in [-0.1, -0.05) is 42.1 Å². The molecule has 0 aliphatic rings. The molecule has 0 saturated heterocycles. The third-order valence-electron chi connectivity index (χ3n) is 3.73. The van der Waals surface area contributed by atoms with E-state index in [0.29, 0.717) is 5.16 Å². The van der Waals surface area contributed by atoms with Crippen LogP contribution in [-0.4, -0.2) is 26.4 Å². The molecular formula is C18H18N4OS. The summed E-state index contributed by atoms with van der Waals surface area (Å²) in [5, 5.41) is 7.87. The van der Waals surface area contributed by atoms with Crippen molar-refractivity contribution >= 4 is 23.4 Å². The van der Waals surface area contributed by atoms with Crippen molar-refractivity contribution in [2.24, 2.45) is 0 Å². The van der Waals surface area contributed by atoms with E-state index >= 15 is 0 Å². The van der Waals surface area contributed by atoms with Gasteiger partial charge in [0, 0.05) is 5.69 Å². The lowest BCUT2D eigenvalue weighted by Gasteiger charge is -2.10. The van der Waals surface area contributed by atoms with Gasteiger partial charge < -0.3 is 5.32 Å². The zero-order chi connectivity index (χ0) is 16.9. The Kier molecular flexibility index (Phi) is 4.96. The quantitative estimate of drug-likeness (QED) is 0.722. The highest BCUT2D eigenvalue weighted by atomic mass is 32.2. The Labute approximate surface area is 145 Å². The van der Waals surface area contributed by atoms with Crippen LogP contribution >= 0.6 is 11.8 Å². The minimum absolute atomic E-state index is 0.0590. The highest BCUT2D eigenvalue weighted by Crippen LogP contribution is 2.21. The Bertz CT molecular complexity index is 845. The van der Waals surface area contributed by atoms with E-state index in [0.717, 1.165) is 22.5 Å². The monoisotopic (exact) mass is 338 g/mol. The molecule has 0 atom stereocenters. The van der Waals surface area contributed by atoms with Crippen molar-refractivity contribution in [1.82, 2.24) is 14.8 Å². The van der Waals surface area contributed by atoms with Crippen molar-refractivity contribution in [3.8, 4) is 5.69 Å². The number of carbonyl (C=O) groups excluding carboxylic acids is 1. The van der Waals surface area contributed by atoms with Gasteiger partial charge in [0.15, 0.2) is 5.16 Å². The minimum Gasteiger partial charge on any atom is -0.325 e. The van der Waals surface area contributed by atoms with Crippen molar-refractivity contribution in [3.05, 3.63) is 66.0 Å². The van der Waals surface area contributed by atoms with Crippen molar-refractivity contribution < 1.29 is 4.79 Å². The fourth-order valence-electron chi connectivity index (χ4n) is 2.28. The smallest absolute Gasteiger partial charge is 0.234 e. The van der Waals surface area contributed by atoms with E-state index in [2.05, 4.69) is 15.4 Å². The van der Waals surface area contributed by atoms with Crippen LogP contribution in [0.5, 0.6) is 0 Å². The Balaban J connectivity index is 1.65. The van der Waals surface area contributed by atoms with Crippen LogP contribution in [0.15, 0.2) is 60.0 Å². The predicted octanol–water partition coefficient (Wildman–Crippen LogP) is 3.61. The van der Waals surface area contributed by atoms with E-state index in [1.165, 1.54) is 18.1 Å². The summed E-state index contributed by atoms with van der Waals surface area (Å²) in [5.74, 6) is 0.218. The summed E-state index contributed by atoms with van der Waals surface area (Å²) in [6.07, 6.45) is 1.50. The lowest BCUT2D eigenvalue weighted by atomic mass is 10.1. The third kappa shape index (κ3) is 3.65. The number of thioether (sulfide) groups is 1. The van der Waals surface area contributed by atoms with Gasteiger partial charge in [0.1, 0.15) is 6.33 Å². The van der Waals surface area contributed by atoms with Gasteiger partial charge in [0.2, 0.25) is 5.91 Å². The van der Waals surface area contributed by atoms with Gasteiger partial charge >= 0.3 is 0 Å². The highest BCUT2D eigenvalue weighted by molar-refractivity contribution is 7.99. The Morgan fingerprint density at radius 2 is 1.92 bits per heavy atom. The lowest BCUT2D eigenvalue weighted by Crippen LogP contribution is -2.15. The zero-order valence-corrected chi connectivity index (χ0v) is 14.4. The first-order valence-corrected chi connectivity index (χ1v) is 8.58. The Hall–Kier alpha value is -2.60. The number of hydrogen-bond donors (Lipinski definition) is 1. The summed E-state index contributed by atoms with van der Waals surface area (Å²) in [7, 11) is 0. The molecule has 0 saturated carbocycles. The second-order valence-electron chi connectivity index (χ2n) is 5.37. The summed E-state index contributed by atoms with van der Waals surface area (Å²) in [6, 6.07) is 15.6. The van der Waals surface area contributed by atoms with Crippen LogP contribution in [0.1, 0.15) is 11.1 Å². The fraction of sp³-hybridized carbons (Fsp3) is 0.167. The summed E-state index contributed by atoms with van der Waals surface area (Å²) >= 11 is 1.36. The fourth-order valence-corrected chi connectivity index (χ4v) is 3.01. The maximum atomic E-state index is 12.2. The molecule has 1 N–H and O–H groups in total. The van der Waals surface area contributed by atoms with Crippen molar-refractivity contribution in [1.29, 1.82) is 0 Å². The molecule has 1 aromatic heterocycles. The lowest BCUT2D eigenvalue weighted by molar-refractivity contribution is -0.113. The molecule has 0 aliphatic carbocycles. The van der Waals surface area contributed by atoms with Crippen molar-refractivity contribution in [2.75, 3.05) is 11.1 Å². The molecule has 122 valence electrons. The van der Waals surface area contributed by atoms with E-state index in [1.807, 2.05) is 62.4 Å². The third-order valence-corrected chi connectivity index (χ3v) is 4.67. The molecule has 0 radical (unpaired) electrons. The second-order valence-corrected chi connectivity index (χ2v) is 6.32. The number of aromatic nitrogens is 3. The number of anilines is 1. The SMILES string of the molecule is Cc1cccc(NC(=O)CSc2ncnn2-c2ccccc2)c1C. The number of nitrogens with zero attached hydrogens (tertiary/aromatic N) is 3. The van der Waals surface area contributed by atoms with Gasteiger partial charge in [0.05, 0.1) is 11.4 Å². The molecule has 5 nitrogen and oxygen atoms in total. The van der Waals surface area contributed by atoms with Gasteiger partial charge in [-0.3, -0.25) is 4.79 Å². The van der Waals surface area contributed by atoms with Crippen molar-refractivity contribution in [2.45, 2.75) is 19.0 Å². The number of hydrogen-bond acceptors (Lipinski definition) is 4. The van der Waals surface area contributed by atoms with E-state index in [9.17, 15) is 4.79 Å². The minimum atomic E-state index is -0.0590. The molecule has 0 spiro atoms. The van der Waals surface area contributed by atoms with Gasteiger partial charge in [-0.15, -0.1) is 0 Å². The largest absolute Gasteiger partial charge is 0.325 e. The van der Waals surface area contributed by atoms with Gasteiger partial charge in [-0.2, -0.15) is 5.10 Å². The van der Waals surface area contributed by atoms with Crippen LogP contribution < -0.4 is 5.32 Å². The molecule has 24 heavy (non-hydrogen) atoms. The van der Waals surface area contributed by atoms with Crippen LogP contribution in [0.4, 0.5) is 5.69 Å². The van der Waals surface area contributed by atoms with Crippen molar-refractivity contribution in [3.63, 3.8) is 0 Å². The molecule has 3 aromatic rings. The van der Waals surface area contributed by atoms with Crippen LogP contribution in [-0.2, 0) is 4.79 Å². The first kappa shape index (κ1) is 16.3. The molecule has 0 aliphatic heterocycles. The number of nitrogens with one attached hydrogen (secondary N) is 1. The summed E-state index contributed by atoms with van der Waals surface area (Å²) in [4.78, 5) is 16.5. The van der Waals surface area contributed by atoms with E-state index in [1.54, 1.807) is 4.68 Å². The van der Waals surface area contributed by atoms with Gasteiger partial charge in [-0.05, 0) is 43.2 Å². The maximum Gasteiger partial charge on any atom is 0.234 e. The molecule has 6 heteroatoms. The number of amides is 1. The zero-order valence-electron chi connectivity index (χ0n) is 13.6. The van der Waals surface area contributed by atoms with Gasteiger partial charge in [0.25, 0.3) is 0 Å². The van der Waals surface area contributed by atoms with E-state index in [-0.39, 0.29) is 11.7 Å². The standard InChI is InChI=1S/C18H18N4OS/c1-13-7-6-10-16(14(13)2)21-17(23)11-24-18-19-12-20-22(18)15-8-4-3-5-9-15/h3-10,12H,11H2,1-2H3,(H,21,23). The number of carbonyl (C=O) groups is 1. The summed E-state index contributed by atoms with van der Waals surface area (Å²) < 4.78 is 1.73. The van der Waals surface area contributed by atoms with Gasteiger partial charge in [-0.25, -0.2) is 9.67 Å². The number of rotatable bonds is 5. The van der Waals surface area contributed by atoms with E-state index < -0.39 is 0 Å². The highest BCUT2D eigenvalue weighted by Gasteiger charge is 2.11. The van der Waals surface area contributed by atoms with Crippen LogP contribution in [0.3, 0.4) is 0 Å². The second kappa shape index (κ2) is 7.31. The first-order valence-electron chi connectivity index (χ1n) is 7.59. The molecule has 3 rings (SSSR count). The number of benzene rings is 2. The first-order chi connectivity index (χ1) is 11.6. The van der Waals surface area contributed by atoms with Crippen LogP contribution in [0.25, 0.3) is 5.69 Å². The summed E-state index contributed by atoms with van der Waals surface area (Å²) in [6.45, 7) is 4.03. The Morgan fingerprint density at radius 3 is 2.71 bits per heavy atom. The molecule has 1 heterocycles. The molecular weight excluding hydrogens is 320 g/mol. The number of para-hydroxylation sites is 1. The van der Waals surface area contributed by atoms with E-state index in [4.69, 9.17) is 0 Å². The normalized spacial score (nSPS) is 10.6. The average Bonchev–Trinajstić information content (AvgIpc) is 3.06. The predicted molar refractivity (Wildman–Crippen MR) is 96.6 cm³/mol. The van der Waals surface area contributed by atoms with Crippen LogP contribution in [0, 0.1) is 13.8 Å². The molecule has 0 fully saturated rings. The topological polar surface area (TPSA) is 59.8 Å². The molecule has 1 amide bonds.